The molecule has 0 radical (unpaired) electrons. The second-order valence-electron chi connectivity index (χ2n) is 5.67. The maximum absolute atomic E-state index is 12.0. The summed E-state index contributed by atoms with van der Waals surface area (Å²) in [6.45, 7) is 5.40. The molecule has 1 saturated carbocycles. The number of rotatable bonds is 7. The van der Waals surface area contributed by atoms with Gasteiger partial charge in [-0.05, 0) is 43.2 Å². The van der Waals surface area contributed by atoms with Gasteiger partial charge in [-0.3, -0.25) is 4.79 Å². The number of nitrogens with zero attached hydrogens (tertiary/aromatic N) is 3. The van der Waals surface area contributed by atoms with Gasteiger partial charge in [-0.2, -0.15) is 0 Å². The average molecular weight is 267 g/mol. The number of hydrogen-bond donors (Lipinski definition) is 2. The van der Waals surface area contributed by atoms with Crippen molar-refractivity contribution in [3.63, 3.8) is 0 Å². The zero-order valence-electron chi connectivity index (χ0n) is 11.9. The Labute approximate surface area is 114 Å². The molecule has 1 aliphatic carbocycles. The summed E-state index contributed by atoms with van der Waals surface area (Å²) < 4.78 is 0. The van der Waals surface area contributed by atoms with E-state index in [1.54, 1.807) is 0 Å². The fourth-order valence-electron chi connectivity index (χ4n) is 3.22. The van der Waals surface area contributed by atoms with Crippen LogP contribution < -0.4 is 11.1 Å². The van der Waals surface area contributed by atoms with E-state index < -0.39 is 5.54 Å². The molecule has 6 heteroatoms. The third-order valence-electron chi connectivity index (χ3n) is 4.15. The Bertz CT molecular complexity index is 351. The second-order valence-corrected chi connectivity index (χ2v) is 5.67. The van der Waals surface area contributed by atoms with Gasteiger partial charge in [0, 0.05) is 11.5 Å². The van der Waals surface area contributed by atoms with Gasteiger partial charge in [-0.1, -0.05) is 31.8 Å². The van der Waals surface area contributed by atoms with Crippen molar-refractivity contribution in [1.29, 1.82) is 0 Å². The smallest absolute Gasteiger partial charge is 0.238 e. The number of hydrogen-bond acceptors (Lipinski definition) is 3. The van der Waals surface area contributed by atoms with Gasteiger partial charge < -0.3 is 11.1 Å². The van der Waals surface area contributed by atoms with Crippen LogP contribution >= 0.6 is 0 Å². The Morgan fingerprint density at radius 3 is 2.89 bits per heavy atom. The molecule has 0 heterocycles. The Hall–Kier alpha value is -1.26. The van der Waals surface area contributed by atoms with E-state index >= 15 is 0 Å². The molecule has 1 aliphatic rings. The summed E-state index contributed by atoms with van der Waals surface area (Å²) in [4.78, 5) is 14.7. The van der Waals surface area contributed by atoms with E-state index in [-0.39, 0.29) is 5.91 Å². The molecule has 0 aliphatic heterocycles. The van der Waals surface area contributed by atoms with E-state index in [1.807, 2.05) is 0 Å². The van der Waals surface area contributed by atoms with Gasteiger partial charge in [0.1, 0.15) is 5.54 Å². The summed E-state index contributed by atoms with van der Waals surface area (Å²) in [6.07, 6.45) is 4.79. The van der Waals surface area contributed by atoms with E-state index in [2.05, 4.69) is 29.2 Å². The lowest BCUT2D eigenvalue weighted by Gasteiger charge is -2.44. The molecule has 1 fully saturated rings. The van der Waals surface area contributed by atoms with Gasteiger partial charge in [-0.15, -0.1) is 0 Å². The van der Waals surface area contributed by atoms with E-state index in [4.69, 9.17) is 11.3 Å². The summed E-state index contributed by atoms with van der Waals surface area (Å²) in [6, 6.07) is 0. The lowest BCUT2D eigenvalue weighted by molar-refractivity contribution is -0.129. The van der Waals surface area contributed by atoms with Crippen molar-refractivity contribution in [1.82, 2.24) is 5.32 Å². The minimum absolute atomic E-state index is 0.241. The highest BCUT2D eigenvalue weighted by atomic mass is 16.1. The first kappa shape index (κ1) is 15.8. The lowest BCUT2D eigenvalue weighted by atomic mass is 9.67. The van der Waals surface area contributed by atoms with E-state index in [0.717, 1.165) is 32.1 Å². The minimum atomic E-state index is -0.581. The maximum atomic E-state index is 12.0. The van der Waals surface area contributed by atoms with Crippen LogP contribution in [0.1, 0.15) is 46.0 Å². The summed E-state index contributed by atoms with van der Waals surface area (Å²) in [5.41, 5.74) is 13.3. The molecule has 0 aromatic rings. The van der Waals surface area contributed by atoms with Crippen molar-refractivity contribution in [2.45, 2.75) is 51.5 Å². The molecule has 6 nitrogen and oxygen atoms in total. The van der Waals surface area contributed by atoms with Crippen LogP contribution in [0.3, 0.4) is 0 Å². The first-order valence-electron chi connectivity index (χ1n) is 7.10. The summed E-state index contributed by atoms with van der Waals surface area (Å²) >= 11 is 0. The molecular weight excluding hydrogens is 242 g/mol. The molecular formula is C13H25N5O. The first-order chi connectivity index (χ1) is 9.04. The standard InChI is InChI=1S/C13H25N5O/c1-10(2)11-6-3-4-7-13(11,12(14)19)16-8-5-9-17-18-15/h10-11,16H,3-9H2,1-2H3,(H2,14,19). The SMILES string of the molecule is CC(C)C1CCCCC1(NCCCN=[N+]=[N-])C(N)=O. The topological polar surface area (TPSA) is 104 Å². The minimum Gasteiger partial charge on any atom is -0.368 e. The highest BCUT2D eigenvalue weighted by Gasteiger charge is 2.46. The normalized spacial score (nSPS) is 27.0. The molecule has 3 N–H and O–H groups in total. The first-order valence-corrected chi connectivity index (χ1v) is 7.10. The molecule has 108 valence electrons. The van der Waals surface area contributed by atoms with Crippen molar-refractivity contribution in [2.75, 3.05) is 13.1 Å². The predicted octanol–water partition coefficient (Wildman–Crippen LogP) is 2.35. The highest BCUT2D eigenvalue weighted by Crippen LogP contribution is 2.38. The number of carbonyl (C=O) groups excluding carboxylic acids is 1. The molecule has 0 aromatic heterocycles. The lowest BCUT2D eigenvalue weighted by Crippen LogP contribution is -2.62. The fraction of sp³-hybridized carbons (Fsp3) is 0.923. The van der Waals surface area contributed by atoms with Gasteiger partial charge in [0.2, 0.25) is 5.91 Å². The zero-order valence-corrected chi connectivity index (χ0v) is 11.9. The predicted molar refractivity (Wildman–Crippen MR) is 75.4 cm³/mol. The van der Waals surface area contributed by atoms with Crippen molar-refractivity contribution < 1.29 is 4.79 Å². The van der Waals surface area contributed by atoms with Crippen molar-refractivity contribution in [3.05, 3.63) is 10.4 Å². The van der Waals surface area contributed by atoms with Crippen LogP contribution in [0.5, 0.6) is 0 Å². The third-order valence-corrected chi connectivity index (χ3v) is 4.15. The molecule has 1 rings (SSSR count). The Morgan fingerprint density at radius 2 is 2.32 bits per heavy atom. The van der Waals surface area contributed by atoms with E-state index in [1.165, 1.54) is 0 Å². The number of nitrogens with one attached hydrogen (secondary N) is 1. The van der Waals surface area contributed by atoms with Gasteiger partial charge in [0.05, 0.1) is 0 Å². The van der Waals surface area contributed by atoms with Crippen molar-refractivity contribution in [3.8, 4) is 0 Å². The molecule has 2 atom stereocenters. The van der Waals surface area contributed by atoms with Gasteiger partial charge >= 0.3 is 0 Å². The van der Waals surface area contributed by atoms with E-state index in [9.17, 15) is 4.79 Å². The molecule has 0 bridgehead atoms. The summed E-state index contributed by atoms with van der Waals surface area (Å²) in [5.74, 6) is 0.477. The second kappa shape index (κ2) is 7.36. The molecule has 19 heavy (non-hydrogen) atoms. The molecule has 0 aromatic carbocycles. The third kappa shape index (κ3) is 3.85. The zero-order chi connectivity index (χ0) is 14.3. The molecule has 0 saturated heterocycles. The maximum Gasteiger partial charge on any atom is 0.238 e. The number of nitrogens with two attached hydrogens (primary N) is 1. The van der Waals surface area contributed by atoms with E-state index in [0.29, 0.717) is 24.9 Å². The monoisotopic (exact) mass is 267 g/mol. The van der Waals surface area contributed by atoms with Crippen LogP contribution in [0.4, 0.5) is 0 Å². The number of carbonyl (C=O) groups is 1. The molecule has 1 amide bonds. The average Bonchev–Trinajstić information content (AvgIpc) is 2.38. The van der Waals surface area contributed by atoms with Crippen LogP contribution in [-0.4, -0.2) is 24.5 Å². The van der Waals surface area contributed by atoms with Gasteiger partial charge in [0.15, 0.2) is 0 Å². The quantitative estimate of drug-likeness (QED) is 0.320. The number of amides is 1. The van der Waals surface area contributed by atoms with Crippen LogP contribution in [0.25, 0.3) is 10.4 Å². The fourth-order valence-corrected chi connectivity index (χ4v) is 3.22. The molecule has 0 spiro atoms. The van der Waals surface area contributed by atoms with Crippen LogP contribution in [-0.2, 0) is 4.79 Å². The van der Waals surface area contributed by atoms with Crippen LogP contribution in [0, 0.1) is 11.8 Å². The highest BCUT2D eigenvalue weighted by molar-refractivity contribution is 5.85. The van der Waals surface area contributed by atoms with Gasteiger partial charge in [0.25, 0.3) is 0 Å². The van der Waals surface area contributed by atoms with Crippen LogP contribution in [0.15, 0.2) is 5.11 Å². The largest absolute Gasteiger partial charge is 0.368 e. The Morgan fingerprint density at radius 1 is 1.58 bits per heavy atom. The van der Waals surface area contributed by atoms with Crippen LogP contribution in [0.2, 0.25) is 0 Å². The van der Waals surface area contributed by atoms with Gasteiger partial charge in [-0.25, -0.2) is 0 Å². The number of azide groups is 1. The number of primary amides is 1. The summed E-state index contributed by atoms with van der Waals surface area (Å²) in [7, 11) is 0. The van der Waals surface area contributed by atoms with Crippen molar-refractivity contribution in [2.24, 2.45) is 22.7 Å². The molecule has 2 unspecified atom stereocenters. The Kier molecular flexibility index (Phi) is 6.12. The Balaban J connectivity index is 2.70. The summed E-state index contributed by atoms with van der Waals surface area (Å²) in [5, 5.41) is 6.87. The van der Waals surface area contributed by atoms with Crippen molar-refractivity contribution >= 4 is 5.91 Å².